The molecule has 0 bridgehead atoms. The maximum atomic E-state index is 13.1. The topological polar surface area (TPSA) is 78.5 Å². The molecule has 3 rings (SSSR count). The van der Waals surface area contributed by atoms with Crippen LogP contribution in [-0.4, -0.2) is 37.9 Å². The van der Waals surface area contributed by atoms with Crippen LogP contribution in [0.15, 0.2) is 59.5 Å². The smallest absolute Gasteiger partial charge is 0.319 e. The third-order valence-corrected chi connectivity index (χ3v) is 6.75. The molecule has 150 valence electrons. The van der Waals surface area contributed by atoms with E-state index in [0.717, 1.165) is 31.4 Å². The number of nitrogens with one attached hydrogen (secondary N) is 2. The van der Waals surface area contributed by atoms with Crippen LogP contribution < -0.4 is 10.6 Å². The summed E-state index contributed by atoms with van der Waals surface area (Å²) < 4.78 is 40.5. The molecule has 0 saturated carbocycles. The molecule has 8 heteroatoms. The van der Waals surface area contributed by atoms with Crippen molar-refractivity contribution in [3.05, 3.63) is 60.4 Å². The molecule has 1 aliphatic rings. The fraction of sp³-hybridized carbons (Fsp3) is 0.350. The highest BCUT2D eigenvalue weighted by Crippen LogP contribution is 2.27. The van der Waals surface area contributed by atoms with Crippen LogP contribution in [-0.2, 0) is 10.0 Å². The molecule has 0 aliphatic carbocycles. The Morgan fingerprint density at radius 2 is 1.79 bits per heavy atom. The summed E-state index contributed by atoms with van der Waals surface area (Å²) in [4.78, 5) is 12.1. The highest BCUT2D eigenvalue weighted by molar-refractivity contribution is 7.89. The predicted octanol–water partition coefficient (Wildman–Crippen LogP) is 3.58. The number of anilines is 1. The van der Waals surface area contributed by atoms with Crippen LogP contribution in [0.3, 0.4) is 0 Å². The van der Waals surface area contributed by atoms with Crippen LogP contribution in [0.2, 0.25) is 0 Å². The van der Waals surface area contributed by atoms with E-state index in [9.17, 15) is 17.6 Å². The van der Waals surface area contributed by atoms with Crippen molar-refractivity contribution >= 4 is 21.7 Å². The van der Waals surface area contributed by atoms with Crippen LogP contribution in [0, 0.1) is 5.82 Å². The SMILES string of the molecule is O=C(NCCC1CCCCN1S(=O)(=O)c1ccc(F)cc1)Nc1ccccc1. The van der Waals surface area contributed by atoms with E-state index in [4.69, 9.17) is 0 Å². The van der Waals surface area contributed by atoms with Crippen molar-refractivity contribution in [2.24, 2.45) is 0 Å². The second-order valence-electron chi connectivity index (χ2n) is 6.75. The van der Waals surface area contributed by atoms with Gasteiger partial charge in [0.05, 0.1) is 4.90 Å². The molecule has 2 aromatic rings. The van der Waals surface area contributed by atoms with E-state index in [2.05, 4.69) is 10.6 Å². The lowest BCUT2D eigenvalue weighted by molar-refractivity contribution is 0.234. The zero-order valence-corrected chi connectivity index (χ0v) is 16.3. The summed E-state index contributed by atoms with van der Waals surface area (Å²) in [6.07, 6.45) is 2.99. The van der Waals surface area contributed by atoms with Crippen LogP contribution in [0.5, 0.6) is 0 Å². The summed E-state index contributed by atoms with van der Waals surface area (Å²) in [6, 6.07) is 13.5. The molecule has 28 heavy (non-hydrogen) atoms. The molecule has 0 aromatic heterocycles. The molecule has 2 N–H and O–H groups in total. The summed E-state index contributed by atoms with van der Waals surface area (Å²) in [7, 11) is -3.69. The van der Waals surface area contributed by atoms with Gasteiger partial charge in [-0.05, 0) is 55.7 Å². The Morgan fingerprint density at radius 1 is 1.07 bits per heavy atom. The van der Waals surface area contributed by atoms with E-state index in [-0.39, 0.29) is 17.0 Å². The molecule has 1 saturated heterocycles. The lowest BCUT2D eigenvalue weighted by atomic mass is 10.0. The second-order valence-corrected chi connectivity index (χ2v) is 8.65. The maximum Gasteiger partial charge on any atom is 0.319 e. The van der Waals surface area contributed by atoms with Gasteiger partial charge in [0.25, 0.3) is 0 Å². The van der Waals surface area contributed by atoms with Crippen LogP contribution in [0.1, 0.15) is 25.7 Å². The fourth-order valence-corrected chi connectivity index (χ4v) is 5.09. The van der Waals surface area contributed by atoms with Crippen molar-refractivity contribution in [1.82, 2.24) is 9.62 Å². The Kier molecular flexibility index (Phi) is 6.64. The first-order chi connectivity index (χ1) is 13.5. The number of hydrogen-bond acceptors (Lipinski definition) is 3. The number of carbonyl (C=O) groups is 1. The Balaban J connectivity index is 1.59. The summed E-state index contributed by atoms with van der Waals surface area (Å²) in [6.45, 7) is 0.791. The minimum atomic E-state index is -3.69. The Labute approximate surface area is 164 Å². The number of halogens is 1. The number of para-hydroxylation sites is 1. The standard InChI is InChI=1S/C20H24FN3O3S/c21-16-9-11-19(12-10-16)28(26,27)24-15-5-4-8-18(24)13-14-22-20(25)23-17-6-2-1-3-7-17/h1-3,6-7,9-12,18H,4-5,8,13-15H2,(H2,22,23,25). The van der Waals surface area contributed by atoms with Gasteiger partial charge in [0.1, 0.15) is 5.82 Å². The number of piperidine rings is 1. The quantitative estimate of drug-likeness (QED) is 0.771. The average molecular weight is 405 g/mol. The van der Waals surface area contributed by atoms with Gasteiger partial charge >= 0.3 is 6.03 Å². The molecular formula is C20H24FN3O3S. The minimum absolute atomic E-state index is 0.0931. The number of hydrogen-bond donors (Lipinski definition) is 2. The predicted molar refractivity (Wildman–Crippen MR) is 106 cm³/mol. The van der Waals surface area contributed by atoms with E-state index in [1.54, 1.807) is 12.1 Å². The summed E-state index contributed by atoms with van der Waals surface area (Å²) in [5, 5.41) is 5.51. The van der Waals surface area contributed by atoms with E-state index in [1.165, 1.54) is 16.4 Å². The van der Waals surface area contributed by atoms with Crippen molar-refractivity contribution in [3.63, 3.8) is 0 Å². The molecule has 2 amide bonds. The van der Waals surface area contributed by atoms with Crippen molar-refractivity contribution in [1.29, 1.82) is 0 Å². The van der Waals surface area contributed by atoms with E-state index < -0.39 is 15.8 Å². The molecule has 1 atom stereocenters. The average Bonchev–Trinajstić information content (AvgIpc) is 2.69. The fourth-order valence-electron chi connectivity index (χ4n) is 3.37. The first-order valence-corrected chi connectivity index (χ1v) is 10.8. The molecule has 0 radical (unpaired) electrons. The third-order valence-electron chi connectivity index (χ3n) is 4.79. The Morgan fingerprint density at radius 3 is 2.50 bits per heavy atom. The van der Waals surface area contributed by atoms with Gasteiger partial charge in [-0.25, -0.2) is 17.6 Å². The van der Waals surface area contributed by atoms with Crippen molar-refractivity contribution in [3.8, 4) is 0 Å². The zero-order valence-electron chi connectivity index (χ0n) is 15.5. The molecule has 1 fully saturated rings. The van der Waals surface area contributed by atoms with Gasteiger partial charge in [-0.2, -0.15) is 4.31 Å². The number of carbonyl (C=O) groups excluding carboxylic acids is 1. The molecular weight excluding hydrogens is 381 g/mol. The van der Waals surface area contributed by atoms with Crippen LogP contribution >= 0.6 is 0 Å². The molecule has 0 spiro atoms. The lowest BCUT2D eigenvalue weighted by Gasteiger charge is -2.34. The molecule has 1 unspecified atom stereocenters. The number of amides is 2. The van der Waals surface area contributed by atoms with Crippen molar-refractivity contribution in [2.45, 2.75) is 36.6 Å². The maximum absolute atomic E-state index is 13.1. The zero-order chi connectivity index (χ0) is 20.0. The number of rotatable bonds is 6. The van der Waals surface area contributed by atoms with E-state index in [0.29, 0.717) is 25.2 Å². The normalized spacial score (nSPS) is 17.8. The third kappa shape index (κ3) is 5.08. The molecule has 2 aromatic carbocycles. The highest BCUT2D eigenvalue weighted by Gasteiger charge is 2.33. The minimum Gasteiger partial charge on any atom is -0.338 e. The molecule has 1 heterocycles. The largest absolute Gasteiger partial charge is 0.338 e. The summed E-state index contributed by atoms with van der Waals surface area (Å²) in [5.74, 6) is -0.470. The highest BCUT2D eigenvalue weighted by atomic mass is 32.2. The molecule has 6 nitrogen and oxygen atoms in total. The summed E-state index contributed by atoms with van der Waals surface area (Å²) >= 11 is 0. The summed E-state index contributed by atoms with van der Waals surface area (Å²) in [5.41, 5.74) is 0.693. The number of nitrogens with zero attached hydrogens (tertiary/aromatic N) is 1. The van der Waals surface area contributed by atoms with Crippen LogP contribution in [0.25, 0.3) is 0 Å². The van der Waals surface area contributed by atoms with Gasteiger partial charge in [-0.3, -0.25) is 0 Å². The van der Waals surface area contributed by atoms with Gasteiger partial charge in [-0.1, -0.05) is 24.6 Å². The number of benzene rings is 2. The van der Waals surface area contributed by atoms with Gasteiger partial charge < -0.3 is 10.6 Å². The number of urea groups is 1. The van der Waals surface area contributed by atoms with E-state index >= 15 is 0 Å². The van der Waals surface area contributed by atoms with Crippen molar-refractivity contribution in [2.75, 3.05) is 18.4 Å². The Hall–Kier alpha value is -2.45. The monoisotopic (exact) mass is 405 g/mol. The molecule has 1 aliphatic heterocycles. The number of sulfonamides is 1. The Bertz CT molecular complexity index is 889. The van der Waals surface area contributed by atoms with Gasteiger partial charge in [0.15, 0.2) is 0 Å². The van der Waals surface area contributed by atoms with Gasteiger partial charge in [0.2, 0.25) is 10.0 Å². The van der Waals surface area contributed by atoms with Crippen LogP contribution in [0.4, 0.5) is 14.9 Å². The lowest BCUT2D eigenvalue weighted by Crippen LogP contribution is -2.45. The first kappa shape index (κ1) is 20.3. The first-order valence-electron chi connectivity index (χ1n) is 9.34. The van der Waals surface area contributed by atoms with Gasteiger partial charge in [0, 0.05) is 24.8 Å². The van der Waals surface area contributed by atoms with Crippen molar-refractivity contribution < 1.29 is 17.6 Å². The second kappa shape index (κ2) is 9.16. The van der Waals surface area contributed by atoms with E-state index in [1.807, 2.05) is 18.2 Å². The van der Waals surface area contributed by atoms with Gasteiger partial charge in [-0.15, -0.1) is 0 Å².